The second-order valence-corrected chi connectivity index (χ2v) is 2.54. The van der Waals surface area contributed by atoms with E-state index in [0.29, 0.717) is 0 Å². The molecule has 0 bridgehead atoms. The van der Waals surface area contributed by atoms with Crippen molar-refractivity contribution in [3.8, 4) is 5.75 Å². The Morgan fingerprint density at radius 1 is 1.22 bits per heavy atom. The summed E-state index contributed by atoms with van der Waals surface area (Å²) in [4.78, 5) is 0. The fourth-order valence-electron chi connectivity index (χ4n) is 0.579. The topological polar surface area (TPSA) is 19.9 Å². The Morgan fingerprint density at radius 3 is 2.22 bits per heavy atom. The van der Waals surface area contributed by atoms with Crippen LogP contribution in [0.25, 0.3) is 0 Å². The van der Waals surface area contributed by atoms with Crippen LogP contribution in [-0.4, -0.2) is 0 Å². The van der Waals surface area contributed by atoms with Crippen molar-refractivity contribution in [3.63, 3.8) is 0 Å². The molecule has 2 heteroatoms. The maximum Gasteiger partial charge on any atom is 0.178 e. The third-order valence-electron chi connectivity index (χ3n) is 1.08. The molecule has 0 saturated heterocycles. The number of rotatable bonds is 1. The Hall–Kier alpha value is -0.250. The Bertz CT molecular complexity index is 181. The zero-order valence-electron chi connectivity index (χ0n) is 4.80. The molecule has 0 aliphatic rings. The fourth-order valence-corrected chi connectivity index (χ4v) is 1.09. The van der Waals surface area contributed by atoms with Gasteiger partial charge >= 0.3 is 0 Å². The molecule has 0 spiro atoms. The number of halogens is 1. The first-order chi connectivity index (χ1) is 4.33. The van der Waals surface area contributed by atoms with Crippen LogP contribution < -0.4 is 0 Å². The van der Waals surface area contributed by atoms with Crippen molar-refractivity contribution in [2.45, 2.75) is 4.43 Å². The molecule has 0 atom stereocenters. The van der Waals surface area contributed by atoms with E-state index < -0.39 is 0 Å². The maximum atomic E-state index is 10.5. The van der Waals surface area contributed by atoms with Crippen LogP contribution in [0.4, 0.5) is 0 Å². The van der Waals surface area contributed by atoms with Crippen LogP contribution in [0.1, 0.15) is 5.56 Å². The molecule has 0 fully saturated rings. The van der Waals surface area contributed by atoms with Crippen molar-refractivity contribution in [2.24, 2.45) is 0 Å². The molecule has 1 aromatic rings. The van der Waals surface area contributed by atoms with Crippen LogP contribution in [0.2, 0.25) is 0 Å². The van der Waals surface area contributed by atoms with Gasteiger partial charge in [0.1, 0.15) is 0 Å². The van der Waals surface area contributed by atoms with Crippen molar-refractivity contribution in [2.75, 3.05) is 0 Å². The van der Waals surface area contributed by atoms with Gasteiger partial charge in [-0.25, -0.2) is 0 Å². The Kier molecular flexibility index (Phi) is 2.33. The molecule has 47 valence electrons. The molecule has 1 radical (unpaired) electrons. The lowest BCUT2D eigenvalue weighted by atomic mass is 10.2. The van der Waals surface area contributed by atoms with E-state index in [9.17, 15) is 5.11 Å². The van der Waals surface area contributed by atoms with E-state index in [1.165, 1.54) is 5.56 Å². The average Bonchev–Trinajstić information content (AvgIpc) is 1.90. The van der Waals surface area contributed by atoms with E-state index >= 15 is 0 Å². The molecule has 0 aromatic heterocycles. The molecule has 1 aromatic carbocycles. The minimum atomic E-state index is 0.0867. The van der Waals surface area contributed by atoms with Crippen molar-refractivity contribution in [3.05, 3.63) is 29.8 Å². The van der Waals surface area contributed by atoms with Gasteiger partial charge in [0.05, 0.1) is 0 Å². The largest absolute Gasteiger partial charge is 0.290 e. The van der Waals surface area contributed by atoms with Crippen LogP contribution in [0, 0.1) is 0 Å². The van der Waals surface area contributed by atoms with Crippen LogP contribution in [0.15, 0.2) is 24.3 Å². The third-order valence-corrected chi connectivity index (χ3v) is 1.96. The summed E-state index contributed by atoms with van der Waals surface area (Å²) < 4.78 is 0.970. The van der Waals surface area contributed by atoms with Gasteiger partial charge in [-0.3, -0.25) is 5.11 Å². The van der Waals surface area contributed by atoms with Gasteiger partial charge in [0, 0.05) is 4.43 Å². The smallest absolute Gasteiger partial charge is 0.178 e. The van der Waals surface area contributed by atoms with Gasteiger partial charge in [0.15, 0.2) is 5.75 Å². The summed E-state index contributed by atoms with van der Waals surface area (Å²) in [7, 11) is 0. The quantitative estimate of drug-likeness (QED) is 0.525. The monoisotopic (exact) mass is 233 g/mol. The summed E-state index contributed by atoms with van der Waals surface area (Å²) in [5, 5.41) is 10.5. The molecule has 0 saturated carbocycles. The summed E-state index contributed by atoms with van der Waals surface area (Å²) in [6, 6.07) is 6.89. The highest BCUT2D eigenvalue weighted by atomic mass is 127. The van der Waals surface area contributed by atoms with Crippen molar-refractivity contribution < 1.29 is 5.11 Å². The number of alkyl halides is 1. The predicted molar refractivity (Wildman–Crippen MR) is 44.3 cm³/mol. The van der Waals surface area contributed by atoms with E-state index in [1.54, 1.807) is 12.1 Å². The molecular weight excluding hydrogens is 227 g/mol. The number of hydrogen-bond donors (Lipinski definition) is 0. The van der Waals surface area contributed by atoms with E-state index in [0.717, 1.165) is 4.43 Å². The first-order valence-electron chi connectivity index (χ1n) is 2.65. The number of benzene rings is 1. The molecule has 0 N–H and O–H groups in total. The minimum Gasteiger partial charge on any atom is -0.290 e. The molecule has 0 amide bonds. The minimum absolute atomic E-state index is 0.0867. The first-order valence-corrected chi connectivity index (χ1v) is 4.17. The lowest BCUT2D eigenvalue weighted by Gasteiger charge is -1.90. The van der Waals surface area contributed by atoms with Crippen LogP contribution in [0.5, 0.6) is 5.75 Å². The summed E-state index contributed by atoms with van der Waals surface area (Å²) in [5.74, 6) is 0.0867. The highest BCUT2D eigenvalue weighted by molar-refractivity contribution is 14.1. The zero-order chi connectivity index (χ0) is 6.69. The van der Waals surface area contributed by atoms with Crippen molar-refractivity contribution >= 4 is 22.6 Å². The van der Waals surface area contributed by atoms with Crippen molar-refractivity contribution in [1.29, 1.82) is 0 Å². The first kappa shape index (κ1) is 6.86. The summed E-state index contributed by atoms with van der Waals surface area (Å²) in [6.07, 6.45) is 0. The fraction of sp³-hybridized carbons (Fsp3) is 0.143. The predicted octanol–water partition coefficient (Wildman–Crippen LogP) is 2.77. The van der Waals surface area contributed by atoms with Gasteiger partial charge in [0.25, 0.3) is 0 Å². The normalized spacial score (nSPS) is 9.44. The molecular formula is C7H6IO. The zero-order valence-corrected chi connectivity index (χ0v) is 6.96. The molecule has 0 heterocycles. The second kappa shape index (κ2) is 3.06. The molecule has 1 rings (SSSR count). The van der Waals surface area contributed by atoms with Crippen LogP contribution >= 0.6 is 22.6 Å². The molecule has 0 aliphatic heterocycles. The van der Waals surface area contributed by atoms with E-state index in [2.05, 4.69) is 22.6 Å². The summed E-state index contributed by atoms with van der Waals surface area (Å²) in [5.41, 5.74) is 1.20. The van der Waals surface area contributed by atoms with Gasteiger partial charge in [0.2, 0.25) is 0 Å². The Morgan fingerprint density at radius 2 is 1.78 bits per heavy atom. The molecule has 0 aliphatic carbocycles. The highest BCUT2D eigenvalue weighted by Crippen LogP contribution is 2.12. The van der Waals surface area contributed by atoms with Gasteiger partial charge < -0.3 is 0 Å². The summed E-state index contributed by atoms with van der Waals surface area (Å²) in [6.45, 7) is 0. The van der Waals surface area contributed by atoms with Crippen molar-refractivity contribution in [1.82, 2.24) is 0 Å². The standard InChI is InChI=1S/C7H6IO/c8-5-6-1-3-7(9)4-2-6/h1-4H,5H2. The van der Waals surface area contributed by atoms with Gasteiger partial charge in [-0.15, -0.1) is 0 Å². The highest BCUT2D eigenvalue weighted by Gasteiger charge is 1.89. The Labute approximate surface area is 67.9 Å². The maximum absolute atomic E-state index is 10.5. The van der Waals surface area contributed by atoms with E-state index in [1.807, 2.05) is 12.1 Å². The SMILES string of the molecule is [O]c1ccc(CI)cc1. The Balaban J connectivity index is 2.88. The van der Waals surface area contributed by atoms with Crippen LogP contribution in [-0.2, 0) is 9.53 Å². The van der Waals surface area contributed by atoms with Crippen LogP contribution in [0.3, 0.4) is 0 Å². The van der Waals surface area contributed by atoms with Gasteiger partial charge in [-0.1, -0.05) is 34.7 Å². The molecule has 9 heavy (non-hydrogen) atoms. The lowest BCUT2D eigenvalue weighted by Crippen LogP contribution is -1.72. The van der Waals surface area contributed by atoms with Gasteiger partial charge in [-0.05, 0) is 17.7 Å². The second-order valence-electron chi connectivity index (χ2n) is 1.78. The third kappa shape index (κ3) is 1.86. The van der Waals surface area contributed by atoms with Gasteiger partial charge in [-0.2, -0.15) is 0 Å². The lowest BCUT2D eigenvalue weighted by molar-refractivity contribution is 0.355. The summed E-state index contributed by atoms with van der Waals surface area (Å²) >= 11 is 2.26. The average molecular weight is 233 g/mol. The molecule has 1 nitrogen and oxygen atoms in total. The van der Waals surface area contributed by atoms with E-state index in [4.69, 9.17) is 0 Å². The number of hydrogen-bond acceptors (Lipinski definition) is 0. The van der Waals surface area contributed by atoms with E-state index in [-0.39, 0.29) is 5.75 Å². The molecule has 0 unspecified atom stereocenters.